The molecule has 2 amide bonds. The van der Waals surface area contributed by atoms with Gasteiger partial charge in [-0.25, -0.2) is 0 Å². The number of carbonyl (C=O) groups excluding carboxylic acids is 2. The fourth-order valence-electron chi connectivity index (χ4n) is 3.13. The van der Waals surface area contributed by atoms with Gasteiger partial charge in [-0.05, 0) is 35.7 Å². The van der Waals surface area contributed by atoms with Gasteiger partial charge in [-0.3, -0.25) is 9.59 Å². The minimum absolute atomic E-state index is 0.102. The molecule has 1 atom stereocenters. The van der Waals surface area contributed by atoms with Crippen molar-refractivity contribution in [2.45, 2.75) is 19.8 Å². The molecule has 30 heavy (non-hydrogen) atoms. The lowest BCUT2D eigenvalue weighted by Gasteiger charge is -2.22. The summed E-state index contributed by atoms with van der Waals surface area (Å²) >= 11 is 0. The van der Waals surface area contributed by atoms with Crippen molar-refractivity contribution in [2.24, 2.45) is 5.92 Å². The van der Waals surface area contributed by atoms with Gasteiger partial charge in [0.1, 0.15) is 5.75 Å². The quantitative estimate of drug-likeness (QED) is 0.550. The lowest BCUT2D eigenvalue weighted by molar-refractivity contribution is -0.123. The molecule has 2 aromatic carbocycles. The first-order chi connectivity index (χ1) is 14.5. The molecule has 0 aliphatic rings. The Balaban J connectivity index is 1.50. The number of ether oxygens (including phenoxy) is 1. The molecule has 1 heterocycles. The van der Waals surface area contributed by atoms with E-state index < -0.39 is 0 Å². The topological polar surface area (TPSA) is 80.6 Å². The third kappa shape index (κ3) is 5.98. The summed E-state index contributed by atoms with van der Waals surface area (Å²) in [6.07, 6.45) is 1.44. The Hall–Kier alpha value is -3.54. The molecule has 0 bridgehead atoms. The van der Waals surface area contributed by atoms with Crippen molar-refractivity contribution in [1.29, 1.82) is 0 Å². The van der Waals surface area contributed by atoms with E-state index in [1.807, 2.05) is 18.2 Å². The van der Waals surface area contributed by atoms with Crippen LogP contribution in [0, 0.1) is 5.92 Å². The normalized spacial score (nSPS) is 11.7. The van der Waals surface area contributed by atoms with Crippen LogP contribution in [0.4, 0.5) is 5.69 Å². The van der Waals surface area contributed by atoms with Gasteiger partial charge < -0.3 is 19.8 Å². The largest absolute Gasteiger partial charge is 0.484 e. The second-order valence-electron chi connectivity index (χ2n) is 7.31. The van der Waals surface area contributed by atoms with Gasteiger partial charge in [-0.1, -0.05) is 50.2 Å². The molecule has 0 saturated carbocycles. The van der Waals surface area contributed by atoms with Gasteiger partial charge in [0.05, 0.1) is 6.26 Å². The van der Waals surface area contributed by atoms with Crippen LogP contribution in [-0.4, -0.2) is 25.0 Å². The molecule has 0 spiro atoms. The van der Waals surface area contributed by atoms with Crippen molar-refractivity contribution in [3.63, 3.8) is 0 Å². The van der Waals surface area contributed by atoms with Crippen molar-refractivity contribution >= 4 is 17.5 Å². The van der Waals surface area contributed by atoms with E-state index in [1.54, 1.807) is 36.4 Å². The van der Waals surface area contributed by atoms with E-state index in [1.165, 1.54) is 11.8 Å². The number of anilines is 1. The van der Waals surface area contributed by atoms with Crippen molar-refractivity contribution in [3.8, 4) is 5.75 Å². The van der Waals surface area contributed by atoms with Gasteiger partial charge >= 0.3 is 0 Å². The molecule has 2 N–H and O–H groups in total. The summed E-state index contributed by atoms with van der Waals surface area (Å²) in [4.78, 5) is 24.3. The SMILES string of the molecule is CC(C)C(CNC(=O)COc1cccc(NC(=O)c2ccco2)c1)c1ccccc1. The van der Waals surface area contributed by atoms with Crippen molar-refractivity contribution in [3.05, 3.63) is 84.3 Å². The molecule has 0 aliphatic heterocycles. The van der Waals surface area contributed by atoms with E-state index in [9.17, 15) is 9.59 Å². The number of hydrogen-bond donors (Lipinski definition) is 2. The predicted molar refractivity (Wildman–Crippen MR) is 116 cm³/mol. The summed E-state index contributed by atoms with van der Waals surface area (Å²) in [6.45, 7) is 4.73. The summed E-state index contributed by atoms with van der Waals surface area (Å²) in [6, 6.07) is 20.3. The predicted octanol–water partition coefficient (Wildman–Crippen LogP) is 4.47. The van der Waals surface area contributed by atoms with Crippen LogP contribution >= 0.6 is 0 Å². The number of carbonyl (C=O) groups is 2. The van der Waals surface area contributed by atoms with Crippen LogP contribution in [0.1, 0.15) is 35.9 Å². The average Bonchev–Trinajstić information content (AvgIpc) is 3.28. The van der Waals surface area contributed by atoms with E-state index in [0.29, 0.717) is 23.9 Å². The smallest absolute Gasteiger partial charge is 0.291 e. The fraction of sp³-hybridized carbons (Fsp3) is 0.250. The Labute approximate surface area is 176 Å². The lowest BCUT2D eigenvalue weighted by atomic mass is 9.88. The van der Waals surface area contributed by atoms with E-state index in [4.69, 9.17) is 9.15 Å². The van der Waals surface area contributed by atoms with Crippen LogP contribution < -0.4 is 15.4 Å². The molecule has 0 fully saturated rings. The van der Waals surface area contributed by atoms with Gasteiger partial charge in [-0.15, -0.1) is 0 Å². The Kier molecular flexibility index (Phi) is 7.27. The Morgan fingerprint density at radius 3 is 2.50 bits per heavy atom. The number of rotatable bonds is 9. The van der Waals surface area contributed by atoms with Gasteiger partial charge in [0.2, 0.25) is 0 Å². The lowest BCUT2D eigenvalue weighted by Crippen LogP contribution is -2.33. The number of hydrogen-bond acceptors (Lipinski definition) is 4. The summed E-state index contributed by atoms with van der Waals surface area (Å²) in [7, 11) is 0. The van der Waals surface area contributed by atoms with Gasteiger partial charge in [-0.2, -0.15) is 0 Å². The minimum Gasteiger partial charge on any atom is -0.484 e. The van der Waals surface area contributed by atoms with Gasteiger partial charge in [0.25, 0.3) is 11.8 Å². The van der Waals surface area contributed by atoms with Crippen LogP contribution in [0.15, 0.2) is 77.4 Å². The molecule has 0 saturated heterocycles. The minimum atomic E-state index is -0.351. The maximum absolute atomic E-state index is 12.3. The third-order valence-electron chi connectivity index (χ3n) is 4.76. The van der Waals surface area contributed by atoms with E-state index in [2.05, 4.69) is 36.6 Å². The van der Waals surface area contributed by atoms with E-state index >= 15 is 0 Å². The molecule has 6 nitrogen and oxygen atoms in total. The molecule has 6 heteroatoms. The summed E-state index contributed by atoms with van der Waals surface area (Å²) in [5.74, 6) is 0.792. The fourth-order valence-corrected chi connectivity index (χ4v) is 3.13. The highest BCUT2D eigenvalue weighted by Crippen LogP contribution is 2.23. The third-order valence-corrected chi connectivity index (χ3v) is 4.76. The zero-order valence-electron chi connectivity index (χ0n) is 17.1. The molecular weight excluding hydrogens is 380 g/mol. The maximum atomic E-state index is 12.3. The highest BCUT2D eigenvalue weighted by atomic mass is 16.5. The summed E-state index contributed by atoms with van der Waals surface area (Å²) < 4.78 is 10.7. The van der Waals surface area contributed by atoms with E-state index in [-0.39, 0.29) is 30.1 Å². The van der Waals surface area contributed by atoms with E-state index in [0.717, 1.165) is 0 Å². The number of benzene rings is 2. The van der Waals surface area contributed by atoms with Crippen LogP contribution in [0.3, 0.4) is 0 Å². The molecule has 1 aromatic heterocycles. The number of amides is 2. The zero-order chi connectivity index (χ0) is 21.3. The molecular formula is C24H26N2O4. The number of nitrogens with one attached hydrogen (secondary N) is 2. The van der Waals surface area contributed by atoms with Crippen LogP contribution in [0.5, 0.6) is 5.75 Å². The van der Waals surface area contributed by atoms with Gasteiger partial charge in [0, 0.05) is 24.2 Å². The molecule has 3 rings (SSSR count). The van der Waals surface area contributed by atoms with Crippen molar-refractivity contribution < 1.29 is 18.7 Å². The first kappa shape index (κ1) is 21.2. The monoisotopic (exact) mass is 406 g/mol. The first-order valence-corrected chi connectivity index (χ1v) is 9.92. The highest BCUT2D eigenvalue weighted by molar-refractivity contribution is 6.02. The number of furan rings is 1. The second kappa shape index (κ2) is 10.3. The molecule has 1 unspecified atom stereocenters. The Bertz CT molecular complexity index is 952. The van der Waals surface area contributed by atoms with Crippen LogP contribution in [0.2, 0.25) is 0 Å². The van der Waals surface area contributed by atoms with Crippen LogP contribution in [-0.2, 0) is 4.79 Å². The maximum Gasteiger partial charge on any atom is 0.291 e. The van der Waals surface area contributed by atoms with Crippen molar-refractivity contribution in [2.75, 3.05) is 18.5 Å². The average molecular weight is 406 g/mol. The Morgan fingerprint density at radius 2 is 1.80 bits per heavy atom. The Morgan fingerprint density at radius 1 is 1.00 bits per heavy atom. The van der Waals surface area contributed by atoms with Gasteiger partial charge in [0.15, 0.2) is 12.4 Å². The summed E-state index contributed by atoms with van der Waals surface area (Å²) in [5, 5.41) is 5.68. The molecule has 156 valence electrons. The molecule has 0 radical (unpaired) electrons. The van der Waals surface area contributed by atoms with Crippen molar-refractivity contribution in [1.82, 2.24) is 5.32 Å². The van der Waals surface area contributed by atoms with Crippen LogP contribution in [0.25, 0.3) is 0 Å². The molecule has 3 aromatic rings. The second-order valence-corrected chi connectivity index (χ2v) is 7.31. The highest BCUT2D eigenvalue weighted by Gasteiger charge is 2.17. The standard InChI is InChI=1S/C24H26N2O4/c1-17(2)21(18-8-4-3-5-9-18)15-25-23(27)16-30-20-11-6-10-19(14-20)26-24(28)22-12-7-13-29-22/h3-14,17,21H,15-16H2,1-2H3,(H,25,27)(H,26,28). The molecule has 0 aliphatic carbocycles. The first-order valence-electron chi connectivity index (χ1n) is 9.92. The summed E-state index contributed by atoms with van der Waals surface area (Å²) in [5.41, 5.74) is 1.76. The zero-order valence-corrected chi connectivity index (χ0v) is 17.1.